The van der Waals surface area contributed by atoms with Crippen LogP contribution in [0.15, 0.2) is 36.4 Å². The largest absolute Gasteiger partial charge is 0.495 e. The molecule has 0 saturated carbocycles. The van der Waals surface area contributed by atoms with E-state index in [0.29, 0.717) is 32.7 Å². The van der Waals surface area contributed by atoms with Crippen molar-refractivity contribution < 1.29 is 9.53 Å². The molecule has 0 aromatic heterocycles. The van der Waals surface area contributed by atoms with Gasteiger partial charge in [0.2, 0.25) is 0 Å². The van der Waals surface area contributed by atoms with Gasteiger partial charge in [-0.2, -0.15) is 0 Å². The highest BCUT2D eigenvalue weighted by molar-refractivity contribution is 6.32. The van der Waals surface area contributed by atoms with Crippen molar-refractivity contribution >= 4 is 40.5 Å². The number of hydrogen-bond acceptors (Lipinski definition) is 4. The summed E-state index contributed by atoms with van der Waals surface area (Å²) in [5, 5.41) is 3.56. The topological polar surface area (TPSA) is 76.4 Å². The number of carbonyl (C=O) groups is 1. The maximum atomic E-state index is 12.3. The van der Waals surface area contributed by atoms with Crippen LogP contribution in [0.1, 0.15) is 10.4 Å². The fraction of sp³-hybridized carbons (Fsp3) is 0.0714. The van der Waals surface area contributed by atoms with Crippen LogP contribution < -0.4 is 21.3 Å². The molecule has 0 aliphatic heterocycles. The molecule has 21 heavy (non-hydrogen) atoms. The zero-order valence-corrected chi connectivity index (χ0v) is 12.6. The second-order valence-corrected chi connectivity index (χ2v) is 4.98. The number of nitrogens with one attached hydrogen (secondary N) is 2. The normalized spacial score (nSPS) is 10.1. The number of benzene rings is 2. The number of ether oxygens (including phenoxy) is 1. The first-order valence-electron chi connectivity index (χ1n) is 5.96. The maximum absolute atomic E-state index is 12.3. The van der Waals surface area contributed by atoms with E-state index in [1.807, 2.05) is 0 Å². The number of nitrogen functional groups attached to an aromatic ring is 1. The van der Waals surface area contributed by atoms with Gasteiger partial charge in [-0.25, -0.2) is 0 Å². The molecule has 2 aromatic carbocycles. The first-order chi connectivity index (χ1) is 10.0. The molecule has 2 rings (SSSR count). The van der Waals surface area contributed by atoms with E-state index < -0.39 is 0 Å². The van der Waals surface area contributed by atoms with E-state index in [1.54, 1.807) is 30.3 Å². The Balaban J connectivity index is 2.26. The van der Waals surface area contributed by atoms with Crippen LogP contribution in [0.25, 0.3) is 0 Å². The Kier molecular flexibility index (Phi) is 4.90. The second kappa shape index (κ2) is 6.67. The van der Waals surface area contributed by atoms with Crippen molar-refractivity contribution in [1.82, 2.24) is 0 Å². The van der Waals surface area contributed by atoms with Crippen LogP contribution in [-0.2, 0) is 0 Å². The molecule has 5 nitrogen and oxygen atoms in total. The third-order valence-corrected chi connectivity index (χ3v) is 3.32. The van der Waals surface area contributed by atoms with Crippen molar-refractivity contribution in [3.63, 3.8) is 0 Å². The molecule has 7 heteroatoms. The zero-order chi connectivity index (χ0) is 15.4. The van der Waals surface area contributed by atoms with Crippen molar-refractivity contribution in [2.75, 3.05) is 17.9 Å². The fourth-order valence-corrected chi connectivity index (χ4v) is 2.20. The van der Waals surface area contributed by atoms with Crippen LogP contribution in [0.5, 0.6) is 5.75 Å². The van der Waals surface area contributed by atoms with Crippen LogP contribution >= 0.6 is 23.2 Å². The average Bonchev–Trinajstić information content (AvgIpc) is 2.47. The van der Waals surface area contributed by atoms with Gasteiger partial charge in [-0.05, 0) is 36.4 Å². The molecule has 0 spiro atoms. The van der Waals surface area contributed by atoms with Gasteiger partial charge in [0.1, 0.15) is 5.75 Å². The molecule has 0 saturated heterocycles. The number of hydrazine groups is 1. The van der Waals surface area contributed by atoms with E-state index in [-0.39, 0.29) is 5.91 Å². The highest BCUT2D eigenvalue weighted by Gasteiger charge is 2.13. The van der Waals surface area contributed by atoms with Crippen LogP contribution in [0.4, 0.5) is 11.4 Å². The van der Waals surface area contributed by atoms with Crippen molar-refractivity contribution in [2.24, 2.45) is 5.84 Å². The predicted molar refractivity (Wildman–Crippen MR) is 85.2 cm³/mol. The van der Waals surface area contributed by atoms with Gasteiger partial charge < -0.3 is 15.5 Å². The van der Waals surface area contributed by atoms with Gasteiger partial charge in [0, 0.05) is 10.7 Å². The van der Waals surface area contributed by atoms with Crippen LogP contribution in [0.2, 0.25) is 10.0 Å². The SMILES string of the molecule is COc1ccc(NC(=O)c2cc(Cl)ccc2NN)cc1Cl. The first-order valence-corrected chi connectivity index (χ1v) is 6.72. The number of nitrogens with two attached hydrogens (primary N) is 1. The molecule has 0 heterocycles. The Morgan fingerprint density at radius 1 is 1.19 bits per heavy atom. The Labute approximate surface area is 132 Å². The molecule has 1 amide bonds. The van der Waals surface area contributed by atoms with Gasteiger partial charge in [-0.15, -0.1) is 0 Å². The van der Waals surface area contributed by atoms with E-state index in [4.69, 9.17) is 33.8 Å². The summed E-state index contributed by atoms with van der Waals surface area (Å²) in [6, 6.07) is 9.73. The standard InChI is InChI=1S/C14H13Cl2N3O2/c1-21-13-5-3-9(7-11(13)16)18-14(20)10-6-8(15)2-4-12(10)19-17/h2-7,19H,17H2,1H3,(H,18,20). The van der Waals surface area contributed by atoms with Gasteiger partial charge in [-0.1, -0.05) is 23.2 Å². The van der Waals surface area contributed by atoms with Crippen LogP contribution in [-0.4, -0.2) is 13.0 Å². The van der Waals surface area contributed by atoms with Crippen LogP contribution in [0, 0.1) is 0 Å². The summed E-state index contributed by atoms with van der Waals surface area (Å²) in [4.78, 5) is 12.3. The summed E-state index contributed by atoms with van der Waals surface area (Å²) < 4.78 is 5.05. The van der Waals surface area contributed by atoms with Crippen molar-refractivity contribution in [3.05, 3.63) is 52.0 Å². The lowest BCUT2D eigenvalue weighted by Gasteiger charge is -2.11. The number of hydrogen-bond donors (Lipinski definition) is 3. The number of amides is 1. The molecule has 110 valence electrons. The number of methoxy groups -OCH3 is 1. The number of rotatable bonds is 4. The Morgan fingerprint density at radius 3 is 2.57 bits per heavy atom. The van der Waals surface area contributed by atoms with Crippen molar-refractivity contribution in [2.45, 2.75) is 0 Å². The van der Waals surface area contributed by atoms with Gasteiger partial charge >= 0.3 is 0 Å². The molecule has 0 bridgehead atoms. The first kappa shape index (κ1) is 15.4. The van der Waals surface area contributed by atoms with Crippen LogP contribution in [0.3, 0.4) is 0 Å². The molecule has 0 unspecified atom stereocenters. The number of anilines is 2. The fourth-order valence-electron chi connectivity index (χ4n) is 1.77. The molecule has 2 aromatic rings. The average molecular weight is 326 g/mol. The predicted octanol–water partition coefficient (Wildman–Crippen LogP) is 3.54. The summed E-state index contributed by atoms with van der Waals surface area (Å²) in [6.07, 6.45) is 0. The Hall–Kier alpha value is -1.95. The molecule has 0 radical (unpaired) electrons. The maximum Gasteiger partial charge on any atom is 0.257 e. The summed E-state index contributed by atoms with van der Waals surface area (Å²) in [7, 11) is 1.52. The van der Waals surface area contributed by atoms with Gasteiger partial charge in [0.15, 0.2) is 0 Å². The second-order valence-electron chi connectivity index (χ2n) is 4.14. The molecule has 4 N–H and O–H groups in total. The quantitative estimate of drug-likeness (QED) is 0.593. The molecular weight excluding hydrogens is 313 g/mol. The Bertz CT molecular complexity index is 677. The molecule has 0 aliphatic rings. The van der Waals surface area contributed by atoms with Crippen molar-refractivity contribution in [3.8, 4) is 5.75 Å². The summed E-state index contributed by atoms with van der Waals surface area (Å²) in [5.74, 6) is 5.56. The minimum Gasteiger partial charge on any atom is -0.495 e. The third-order valence-electron chi connectivity index (χ3n) is 2.79. The highest BCUT2D eigenvalue weighted by Crippen LogP contribution is 2.28. The van der Waals surface area contributed by atoms with E-state index >= 15 is 0 Å². The lowest BCUT2D eigenvalue weighted by Crippen LogP contribution is -2.17. The zero-order valence-electron chi connectivity index (χ0n) is 11.1. The van der Waals surface area contributed by atoms with E-state index in [0.717, 1.165) is 0 Å². The molecule has 0 aliphatic carbocycles. The minimum atomic E-state index is -0.355. The monoisotopic (exact) mass is 325 g/mol. The van der Waals surface area contributed by atoms with Gasteiger partial charge in [0.05, 0.1) is 23.4 Å². The molecular formula is C14H13Cl2N3O2. The Morgan fingerprint density at radius 2 is 1.95 bits per heavy atom. The van der Waals surface area contributed by atoms with E-state index in [9.17, 15) is 4.79 Å². The summed E-state index contributed by atoms with van der Waals surface area (Å²) in [5.41, 5.74) is 3.79. The lowest BCUT2D eigenvalue weighted by atomic mass is 10.1. The number of carbonyl (C=O) groups excluding carboxylic acids is 1. The summed E-state index contributed by atoms with van der Waals surface area (Å²) in [6.45, 7) is 0. The summed E-state index contributed by atoms with van der Waals surface area (Å²) >= 11 is 11.9. The molecule has 0 fully saturated rings. The van der Waals surface area contributed by atoms with Gasteiger partial charge in [-0.3, -0.25) is 10.6 Å². The molecule has 0 atom stereocenters. The lowest BCUT2D eigenvalue weighted by molar-refractivity contribution is 0.102. The van der Waals surface area contributed by atoms with Gasteiger partial charge in [0.25, 0.3) is 5.91 Å². The minimum absolute atomic E-state index is 0.331. The number of halogens is 2. The third kappa shape index (κ3) is 3.58. The van der Waals surface area contributed by atoms with Crippen molar-refractivity contribution in [1.29, 1.82) is 0 Å². The highest BCUT2D eigenvalue weighted by atomic mass is 35.5. The smallest absolute Gasteiger partial charge is 0.257 e. The van der Waals surface area contributed by atoms with E-state index in [2.05, 4.69) is 10.7 Å². The van der Waals surface area contributed by atoms with E-state index in [1.165, 1.54) is 13.2 Å².